The van der Waals surface area contributed by atoms with Gasteiger partial charge in [-0.15, -0.1) is 10.2 Å². The first-order valence-corrected chi connectivity index (χ1v) is 7.49. The van der Waals surface area contributed by atoms with E-state index in [1.807, 2.05) is 25.1 Å². The van der Waals surface area contributed by atoms with Crippen molar-refractivity contribution in [3.8, 4) is 11.5 Å². The van der Waals surface area contributed by atoms with Gasteiger partial charge in [-0.2, -0.15) is 0 Å². The van der Waals surface area contributed by atoms with Gasteiger partial charge in [0.25, 0.3) is 0 Å². The molecule has 106 valence electrons. The van der Waals surface area contributed by atoms with Gasteiger partial charge in [-0.3, -0.25) is 0 Å². The molecule has 0 amide bonds. The predicted molar refractivity (Wildman–Crippen MR) is 79.6 cm³/mol. The van der Waals surface area contributed by atoms with Gasteiger partial charge in [0.1, 0.15) is 0 Å². The van der Waals surface area contributed by atoms with Crippen LogP contribution in [0.1, 0.15) is 44.4 Å². The number of aryl methyl sites for hydroxylation is 1. The van der Waals surface area contributed by atoms with Crippen LogP contribution in [0.4, 0.5) is 5.69 Å². The fourth-order valence-corrected chi connectivity index (χ4v) is 2.84. The average molecular weight is 271 g/mol. The Morgan fingerprint density at radius 2 is 1.80 bits per heavy atom. The third-order valence-corrected chi connectivity index (χ3v) is 3.90. The van der Waals surface area contributed by atoms with E-state index >= 15 is 0 Å². The largest absolute Gasteiger partial charge is 0.421 e. The van der Waals surface area contributed by atoms with Gasteiger partial charge >= 0.3 is 0 Å². The summed E-state index contributed by atoms with van der Waals surface area (Å²) in [6.07, 6.45) is 7.86. The summed E-state index contributed by atoms with van der Waals surface area (Å²) >= 11 is 0. The highest BCUT2D eigenvalue weighted by atomic mass is 16.4. The summed E-state index contributed by atoms with van der Waals surface area (Å²) in [4.78, 5) is 0. The van der Waals surface area contributed by atoms with Crippen LogP contribution in [0.25, 0.3) is 11.5 Å². The van der Waals surface area contributed by atoms with Crippen LogP contribution in [-0.4, -0.2) is 16.2 Å². The Labute approximate surface area is 119 Å². The maximum absolute atomic E-state index is 5.56. The first-order chi connectivity index (χ1) is 9.83. The molecular formula is C16H21N3O. The van der Waals surface area contributed by atoms with Gasteiger partial charge in [0.2, 0.25) is 11.8 Å². The number of hydrogen-bond acceptors (Lipinski definition) is 4. The molecule has 0 spiro atoms. The second kappa shape index (κ2) is 6.07. The van der Waals surface area contributed by atoms with Crippen molar-refractivity contribution >= 4 is 5.69 Å². The van der Waals surface area contributed by atoms with Gasteiger partial charge in [-0.1, -0.05) is 37.8 Å². The quantitative estimate of drug-likeness (QED) is 0.851. The molecular weight excluding hydrogens is 250 g/mol. The van der Waals surface area contributed by atoms with Crippen molar-refractivity contribution in [2.75, 3.05) is 5.32 Å². The smallest absolute Gasteiger partial charge is 0.249 e. The third kappa shape index (κ3) is 3.00. The molecule has 1 saturated carbocycles. The molecule has 1 fully saturated rings. The van der Waals surface area contributed by atoms with Gasteiger partial charge in [0.05, 0.1) is 5.56 Å². The van der Waals surface area contributed by atoms with Gasteiger partial charge in [-0.25, -0.2) is 0 Å². The lowest BCUT2D eigenvalue weighted by Gasteiger charge is -2.19. The summed E-state index contributed by atoms with van der Waals surface area (Å²) in [7, 11) is 0. The van der Waals surface area contributed by atoms with E-state index in [2.05, 4.69) is 21.6 Å². The van der Waals surface area contributed by atoms with Crippen molar-refractivity contribution < 1.29 is 4.42 Å². The van der Waals surface area contributed by atoms with Crippen LogP contribution in [0.15, 0.2) is 28.7 Å². The lowest BCUT2D eigenvalue weighted by molar-refractivity contribution is 0.532. The Balaban J connectivity index is 1.82. The molecule has 1 aromatic carbocycles. The number of benzene rings is 1. The molecule has 2 aromatic rings. The van der Waals surface area contributed by atoms with E-state index in [-0.39, 0.29) is 0 Å². The highest BCUT2D eigenvalue weighted by Gasteiger charge is 2.16. The molecule has 0 radical (unpaired) electrons. The standard InChI is InChI=1S/C16H21N3O/c1-12-18-19-16(20-12)14-10-6-7-11-15(14)17-13-8-4-2-3-5-9-13/h6-7,10-11,13,17H,2-5,8-9H2,1H3. The molecule has 1 heterocycles. The van der Waals surface area contributed by atoms with E-state index in [0.29, 0.717) is 17.8 Å². The Kier molecular flexibility index (Phi) is 4.00. The molecule has 0 saturated heterocycles. The monoisotopic (exact) mass is 271 g/mol. The fraction of sp³-hybridized carbons (Fsp3) is 0.500. The lowest BCUT2D eigenvalue weighted by atomic mass is 10.1. The van der Waals surface area contributed by atoms with Crippen LogP contribution in [-0.2, 0) is 0 Å². The number of anilines is 1. The van der Waals surface area contributed by atoms with Gasteiger partial charge in [0.15, 0.2) is 0 Å². The van der Waals surface area contributed by atoms with E-state index < -0.39 is 0 Å². The van der Waals surface area contributed by atoms with E-state index in [1.54, 1.807) is 0 Å². The average Bonchev–Trinajstić information content (AvgIpc) is 2.73. The second-order valence-electron chi connectivity index (χ2n) is 5.50. The van der Waals surface area contributed by atoms with Crippen LogP contribution in [0.2, 0.25) is 0 Å². The maximum Gasteiger partial charge on any atom is 0.249 e. The minimum absolute atomic E-state index is 0.558. The van der Waals surface area contributed by atoms with Crippen molar-refractivity contribution in [1.29, 1.82) is 0 Å². The van der Waals surface area contributed by atoms with Crippen molar-refractivity contribution in [2.45, 2.75) is 51.5 Å². The second-order valence-corrected chi connectivity index (χ2v) is 5.50. The summed E-state index contributed by atoms with van der Waals surface area (Å²) in [6, 6.07) is 8.74. The number of nitrogens with one attached hydrogen (secondary N) is 1. The molecule has 0 atom stereocenters. The molecule has 1 aliphatic rings. The molecule has 1 aromatic heterocycles. The van der Waals surface area contributed by atoms with Gasteiger partial charge in [-0.05, 0) is 25.0 Å². The molecule has 1 aliphatic carbocycles. The molecule has 0 bridgehead atoms. The van der Waals surface area contributed by atoms with Crippen molar-refractivity contribution in [3.63, 3.8) is 0 Å². The minimum Gasteiger partial charge on any atom is -0.421 e. The zero-order valence-electron chi connectivity index (χ0n) is 11.9. The first-order valence-electron chi connectivity index (χ1n) is 7.49. The van der Waals surface area contributed by atoms with E-state index in [4.69, 9.17) is 4.42 Å². The number of para-hydroxylation sites is 1. The van der Waals surface area contributed by atoms with Crippen molar-refractivity contribution in [1.82, 2.24) is 10.2 Å². The molecule has 20 heavy (non-hydrogen) atoms. The molecule has 4 heteroatoms. The number of nitrogens with zero attached hydrogens (tertiary/aromatic N) is 2. The summed E-state index contributed by atoms with van der Waals surface area (Å²) in [6.45, 7) is 1.82. The topological polar surface area (TPSA) is 51.0 Å². The predicted octanol–water partition coefficient (Wildman–Crippen LogP) is 4.18. The van der Waals surface area contributed by atoms with Gasteiger partial charge < -0.3 is 9.73 Å². The molecule has 0 aliphatic heterocycles. The highest BCUT2D eigenvalue weighted by Crippen LogP contribution is 2.29. The van der Waals surface area contributed by atoms with E-state index in [1.165, 1.54) is 38.5 Å². The Morgan fingerprint density at radius 1 is 1.05 bits per heavy atom. The summed E-state index contributed by atoms with van der Waals surface area (Å²) < 4.78 is 5.56. The van der Waals surface area contributed by atoms with E-state index in [0.717, 1.165) is 11.3 Å². The van der Waals surface area contributed by atoms with E-state index in [9.17, 15) is 0 Å². The maximum atomic E-state index is 5.56. The molecule has 3 rings (SSSR count). The number of aromatic nitrogens is 2. The minimum atomic E-state index is 0.558. The number of rotatable bonds is 3. The Hall–Kier alpha value is -1.84. The summed E-state index contributed by atoms with van der Waals surface area (Å²) in [5.74, 6) is 1.20. The zero-order chi connectivity index (χ0) is 13.8. The third-order valence-electron chi connectivity index (χ3n) is 3.90. The Morgan fingerprint density at radius 3 is 2.50 bits per heavy atom. The Bertz CT molecular complexity index is 556. The van der Waals surface area contributed by atoms with Crippen LogP contribution in [0.5, 0.6) is 0 Å². The van der Waals surface area contributed by atoms with Crippen LogP contribution < -0.4 is 5.32 Å². The van der Waals surface area contributed by atoms with Crippen LogP contribution >= 0.6 is 0 Å². The summed E-state index contributed by atoms with van der Waals surface area (Å²) in [5, 5.41) is 11.7. The molecule has 4 nitrogen and oxygen atoms in total. The molecule has 0 unspecified atom stereocenters. The van der Waals surface area contributed by atoms with Crippen LogP contribution in [0.3, 0.4) is 0 Å². The fourth-order valence-electron chi connectivity index (χ4n) is 2.84. The first kappa shape index (κ1) is 13.2. The number of hydrogen-bond donors (Lipinski definition) is 1. The van der Waals surface area contributed by atoms with Gasteiger partial charge in [0, 0.05) is 18.7 Å². The lowest BCUT2D eigenvalue weighted by Crippen LogP contribution is -2.18. The summed E-state index contributed by atoms with van der Waals surface area (Å²) in [5.41, 5.74) is 2.10. The van der Waals surface area contributed by atoms with Crippen molar-refractivity contribution in [2.24, 2.45) is 0 Å². The van der Waals surface area contributed by atoms with Crippen molar-refractivity contribution in [3.05, 3.63) is 30.2 Å². The van der Waals surface area contributed by atoms with Crippen LogP contribution in [0, 0.1) is 6.92 Å². The highest BCUT2D eigenvalue weighted by molar-refractivity contribution is 5.72. The SMILES string of the molecule is Cc1nnc(-c2ccccc2NC2CCCCCC2)o1. The molecule has 1 N–H and O–H groups in total. The zero-order valence-corrected chi connectivity index (χ0v) is 11.9. The normalized spacial score (nSPS) is 16.9.